The Balaban J connectivity index is 1.90. The van der Waals surface area contributed by atoms with E-state index in [-0.39, 0.29) is 24.2 Å². The second-order valence-corrected chi connectivity index (χ2v) is 5.40. The van der Waals surface area contributed by atoms with Crippen LogP contribution in [0.3, 0.4) is 0 Å². The number of methoxy groups -OCH3 is 1. The highest BCUT2D eigenvalue weighted by Gasteiger charge is 2.37. The first-order valence-electron chi connectivity index (χ1n) is 5.93. The van der Waals surface area contributed by atoms with Crippen molar-refractivity contribution in [2.45, 2.75) is 6.42 Å². The normalized spacial score (nSPS) is 19.1. The average Bonchev–Trinajstić information content (AvgIpc) is 3.00. The molecule has 1 saturated heterocycles. The van der Waals surface area contributed by atoms with E-state index in [1.54, 1.807) is 4.90 Å². The van der Waals surface area contributed by atoms with Gasteiger partial charge < -0.3 is 4.74 Å². The average molecular weight is 276 g/mol. The maximum atomic E-state index is 12.0. The van der Waals surface area contributed by atoms with Crippen molar-refractivity contribution in [2.75, 3.05) is 18.6 Å². The van der Waals surface area contributed by atoms with E-state index in [0.717, 1.165) is 10.2 Å². The molecule has 0 unspecified atom stereocenters. The second kappa shape index (κ2) is 4.62. The number of hydrogen-bond donors (Lipinski definition) is 0. The van der Waals surface area contributed by atoms with Crippen molar-refractivity contribution in [2.24, 2.45) is 5.92 Å². The van der Waals surface area contributed by atoms with Crippen molar-refractivity contribution in [3.05, 3.63) is 24.3 Å². The molecule has 1 aromatic carbocycles. The van der Waals surface area contributed by atoms with Gasteiger partial charge in [-0.05, 0) is 12.1 Å². The van der Waals surface area contributed by atoms with Crippen LogP contribution in [-0.2, 0) is 14.3 Å². The smallest absolute Gasteiger partial charge is 0.311 e. The number of amides is 1. The number of aromatic nitrogens is 1. The fourth-order valence-corrected chi connectivity index (χ4v) is 3.18. The molecule has 5 nitrogen and oxygen atoms in total. The molecule has 0 radical (unpaired) electrons. The van der Waals surface area contributed by atoms with Crippen molar-refractivity contribution in [1.82, 2.24) is 4.98 Å². The minimum Gasteiger partial charge on any atom is -0.469 e. The van der Waals surface area contributed by atoms with E-state index < -0.39 is 0 Å². The molecule has 6 heteroatoms. The Morgan fingerprint density at radius 2 is 2.26 bits per heavy atom. The molecule has 98 valence electrons. The van der Waals surface area contributed by atoms with Gasteiger partial charge in [0.15, 0.2) is 5.13 Å². The quantitative estimate of drug-likeness (QED) is 0.785. The fraction of sp³-hybridized carbons (Fsp3) is 0.308. The van der Waals surface area contributed by atoms with Gasteiger partial charge in [0.05, 0.1) is 23.2 Å². The molecule has 1 aliphatic heterocycles. The molecule has 1 fully saturated rings. The lowest BCUT2D eigenvalue weighted by atomic mass is 10.1. The van der Waals surface area contributed by atoms with Crippen LogP contribution in [0.5, 0.6) is 0 Å². The first-order valence-corrected chi connectivity index (χ1v) is 6.74. The third-order valence-corrected chi connectivity index (χ3v) is 4.23. The minimum absolute atomic E-state index is 0.0746. The van der Waals surface area contributed by atoms with E-state index >= 15 is 0 Å². The molecule has 1 aliphatic rings. The van der Waals surface area contributed by atoms with Crippen molar-refractivity contribution < 1.29 is 14.3 Å². The van der Waals surface area contributed by atoms with Gasteiger partial charge in [-0.25, -0.2) is 4.98 Å². The first kappa shape index (κ1) is 12.1. The third kappa shape index (κ3) is 2.08. The van der Waals surface area contributed by atoms with Crippen molar-refractivity contribution >= 4 is 38.6 Å². The van der Waals surface area contributed by atoms with E-state index in [1.807, 2.05) is 24.3 Å². The number of anilines is 1. The first-order chi connectivity index (χ1) is 9.19. The van der Waals surface area contributed by atoms with Gasteiger partial charge in [-0.3, -0.25) is 14.5 Å². The predicted molar refractivity (Wildman–Crippen MR) is 72.1 cm³/mol. The standard InChI is InChI=1S/C13H12N2O3S/c1-18-12(17)8-6-11(16)15(7-8)13-14-9-4-2-3-5-10(9)19-13/h2-5,8H,6-7H2,1H3/t8-/m1/s1. The van der Waals surface area contributed by atoms with Crippen LogP contribution in [0.15, 0.2) is 24.3 Å². The SMILES string of the molecule is COC(=O)[C@@H]1CC(=O)N(c2nc3ccccc3s2)C1. The zero-order valence-corrected chi connectivity index (χ0v) is 11.1. The fourth-order valence-electron chi connectivity index (χ4n) is 2.19. The molecule has 1 atom stereocenters. The van der Waals surface area contributed by atoms with Crippen LogP contribution in [-0.4, -0.2) is 30.5 Å². The molecule has 1 aromatic heterocycles. The number of rotatable bonds is 2. The van der Waals surface area contributed by atoms with Gasteiger partial charge >= 0.3 is 5.97 Å². The molecule has 2 heterocycles. The Morgan fingerprint density at radius 1 is 1.47 bits per heavy atom. The molecule has 3 rings (SSSR count). The lowest BCUT2D eigenvalue weighted by Crippen LogP contribution is -2.25. The molecule has 0 N–H and O–H groups in total. The third-order valence-electron chi connectivity index (χ3n) is 3.17. The molecule has 0 spiro atoms. The van der Waals surface area contributed by atoms with Crippen LogP contribution in [0.1, 0.15) is 6.42 Å². The molecule has 0 saturated carbocycles. The van der Waals surface area contributed by atoms with Gasteiger partial charge in [0.2, 0.25) is 5.91 Å². The molecule has 0 bridgehead atoms. The predicted octanol–water partition coefficient (Wildman–Crippen LogP) is 1.82. The summed E-state index contributed by atoms with van der Waals surface area (Å²) in [6.45, 7) is 0.353. The Morgan fingerprint density at radius 3 is 3.00 bits per heavy atom. The van der Waals surface area contributed by atoms with E-state index in [9.17, 15) is 9.59 Å². The summed E-state index contributed by atoms with van der Waals surface area (Å²) in [5.74, 6) is -0.795. The van der Waals surface area contributed by atoms with Gasteiger partial charge in [0.25, 0.3) is 0 Å². The van der Waals surface area contributed by atoms with E-state index in [0.29, 0.717) is 11.7 Å². The summed E-state index contributed by atoms with van der Waals surface area (Å²) in [4.78, 5) is 29.5. The van der Waals surface area contributed by atoms with Gasteiger partial charge in [-0.1, -0.05) is 23.5 Å². The lowest BCUT2D eigenvalue weighted by Gasteiger charge is -2.11. The van der Waals surface area contributed by atoms with E-state index in [2.05, 4.69) is 4.98 Å². The van der Waals surface area contributed by atoms with Crippen molar-refractivity contribution in [3.8, 4) is 0 Å². The molecular formula is C13H12N2O3S. The van der Waals surface area contributed by atoms with Crippen LogP contribution in [0, 0.1) is 5.92 Å². The number of carbonyl (C=O) groups excluding carboxylic acids is 2. The number of benzene rings is 1. The van der Waals surface area contributed by atoms with Crippen LogP contribution in [0.4, 0.5) is 5.13 Å². The van der Waals surface area contributed by atoms with Crippen molar-refractivity contribution in [1.29, 1.82) is 0 Å². The van der Waals surface area contributed by atoms with E-state index in [1.165, 1.54) is 18.4 Å². The monoisotopic (exact) mass is 276 g/mol. The number of carbonyl (C=O) groups is 2. The maximum absolute atomic E-state index is 12.0. The summed E-state index contributed by atoms with van der Waals surface area (Å²) in [5, 5.41) is 0.651. The Hall–Kier alpha value is -1.95. The lowest BCUT2D eigenvalue weighted by molar-refractivity contribution is -0.145. The summed E-state index contributed by atoms with van der Waals surface area (Å²) in [7, 11) is 1.34. The molecule has 2 aromatic rings. The second-order valence-electron chi connectivity index (χ2n) is 4.39. The minimum atomic E-state index is -0.385. The highest BCUT2D eigenvalue weighted by atomic mass is 32.1. The molecular weight excluding hydrogens is 264 g/mol. The highest BCUT2D eigenvalue weighted by Crippen LogP contribution is 2.32. The highest BCUT2D eigenvalue weighted by molar-refractivity contribution is 7.22. The number of hydrogen-bond acceptors (Lipinski definition) is 5. The van der Waals surface area contributed by atoms with Crippen LogP contribution in [0.25, 0.3) is 10.2 Å². The topological polar surface area (TPSA) is 59.5 Å². The van der Waals surface area contributed by atoms with Gasteiger partial charge in [0, 0.05) is 13.0 Å². The van der Waals surface area contributed by atoms with Crippen LogP contribution in [0.2, 0.25) is 0 Å². The van der Waals surface area contributed by atoms with Crippen LogP contribution < -0.4 is 4.90 Å². The van der Waals surface area contributed by atoms with Gasteiger partial charge in [-0.2, -0.15) is 0 Å². The summed E-state index contributed by atoms with van der Waals surface area (Å²) in [5.41, 5.74) is 0.872. The van der Waals surface area contributed by atoms with Crippen molar-refractivity contribution in [3.63, 3.8) is 0 Å². The number of esters is 1. The molecule has 1 amide bonds. The molecule has 19 heavy (non-hydrogen) atoms. The van der Waals surface area contributed by atoms with E-state index in [4.69, 9.17) is 4.74 Å². The zero-order chi connectivity index (χ0) is 13.4. The summed E-state index contributed by atoms with van der Waals surface area (Å²) >= 11 is 1.46. The summed E-state index contributed by atoms with van der Waals surface area (Å²) < 4.78 is 5.72. The number of nitrogens with zero attached hydrogens (tertiary/aromatic N) is 2. The zero-order valence-electron chi connectivity index (χ0n) is 10.3. The van der Waals surface area contributed by atoms with Crippen LogP contribution >= 0.6 is 11.3 Å². The summed E-state index contributed by atoms with van der Waals surface area (Å²) in [6.07, 6.45) is 0.197. The largest absolute Gasteiger partial charge is 0.469 e. The summed E-state index contributed by atoms with van der Waals surface area (Å²) in [6, 6.07) is 7.73. The molecule has 0 aliphatic carbocycles. The number of ether oxygens (including phenoxy) is 1. The van der Waals surface area contributed by atoms with Gasteiger partial charge in [0.1, 0.15) is 0 Å². The number of thiazole rings is 1. The maximum Gasteiger partial charge on any atom is 0.311 e. The van der Waals surface area contributed by atoms with Gasteiger partial charge in [-0.15, -0.1) is 0 Å². The number of para-hydroxylation sites is 1. The Labute approximate surface area is 113 Å². The number of fused-ring (bicyclic) bond motifs is 1. The Bertz CT molecular complexity index is 619. The Kier molecular flexibility index (Phi) is 2.94.